The standard InChI is InChI=1S/C13H16FNO2/c14-12-5-2-11(3-6-12)4-7-13(16)15-8-1-9-17-10-15/h2-3,5-6H,1,4,7-10H2. The Labute approximate surface area is 100 Å². The SMILES string of the molecule is O=C(CCc1ccc(F)cc1)N1CCCOC1. The minimum absolute atomic E-state index is 0.106. The molecular weight excluding hydrogens is 221 g/mol. The molecule has 92 valence electrons. The number of aryl methyl sites for hydroxylation is 1. The van der Waals surface area contributed by atoms with Crippen molar-refractivity contribution < 1.29 is 13.9 Å². The Kier molecular flexibility index (Phi) is 4.09. The molecule has 1 aliphatic heterocycles. The maximum Gasteiger partial charge on any atom is 0.224 e. The van der Waals surface area contributed by atoms with E-state index in [1.54, 1.807) is 17.0 Å². The first kappa shape index (κ1) is 12.0. The third-order valence-electron chi connectivity index (χ3n) is 2.86. The van der Waals surface area contributed by atoms with Gasteiger partial charge in [-0.3, -0.25) is 4.79 Å². The number of nitrogens with zero attached hydrogens (tertiary/aromatic N) is 1. The van der Waals surface area contributed by atoms with Crippen LogP contribution in [0.5, 0.6) is 0 Å². The lowest BCUT2D eigenvalue weighted by Gasteiger charge is -2.26. The van der Waals surface area contributed by atoms with Crippen LogP contribution in [0.15, 0.2) is 24.3 Å². The Morgan fingerprint density at radius 3 is 2.76 bits per heavy atom. The van der Waals surface area contributed by atoms with Crippen molar-refractivity contribution in [3.05, 3.63) is 35.6 Å². The van der Waals surface area contributed by atoms with E-state index in [4.69, 9.17) is 4.74 Å². The van der Waals surface area contributed by atoms with Crippen molar-refractivity contribution in [2.75, 3.05) is 19.9 Å². The second kappa shape index (κ2) is 5.77. The van der Waals surface area contributed by atoms with Crippen LogP contribution in [0.4, 0.5) is 4.39 Å². The summed E-state index contributed by atoms with van der Waals surface area (Å²) >= 11 is 0. The Balaban J connectivity index is 1.81. The van der Waals surface area contributed by atoms with Crippen LogP contribution in [0.2, 0.25) is 0 Å². The van der Waals surface area contributed by atoms with Gasteiger partial charge in [-0.25, -0.2) is 4.39 Å². The first-order chi connectivity index (χ1) is 8.25. The molecule has 1 aromatic carbocycles. The van der Waals surface area contributed by atoms with Crippen LogP contribution in [0, 0.1) is 5.82 Å². The van der Waals surface area contributed by atoms with E-state index in [-0.39, 0.29) is 11.7 Å². The topological polar surface area (TPSA) is 29.5 Å². The molecule has 1 fully saturated rings. The van der Waals surface area contributed by atoms with Crippen molar-refractivity contribution in [1.82, 2.24) is 4.90 Å². The number of hydrogen-bond acceptors (Lipinski definition) is 2. The number of amides is 1. The van der Waals surface area contributed by atoms with E-state index in [0.29, 0.717) is 19.6 Å². The van der Waals surface area contributed by atoms with Crippen LogP contribution in [-0.2, 0) is 16.0 Å². The van der Waals surface area contributed by atoms with Crippen molar-refractivity contribution >= 4 is 5.91 Å². The van der Waals surface area contributed by atoms with Crippen molar-refractivity contribution in [3.8, 4) is 0 Å². The van der Waals surface area contributed by atoms with Gasteiger partial charge in [0.1, 0.15) is 12.5 Å². The highest BCUT2D eigenvalue weighted by atomic mass is 19.1. The molecule has 2 rings (SSSR count). The van der Waals surface area contributed by atoms with Crippen LogP contribution in [0.3, 0.4) is 0 Å². The van der Waals surface area contributed by atoms with E-state index >= 15 is 0 Å². The van der Waals surface area contributed by atoms with E-state index in [2.05, 4.69) is 0 Å². The average molecular weight is 237 g/mol. The molecule has 0 radical (unpaired) electrons. The number of benzene rings is 1. The lowest BCUT2D eigenvalue weighted by molar-refractivity contribution is -0.140. The molecule has 0 aliphatic carbocycles. The third kappa shape index (κ3) is 3.53. The summed E-state index contributed by atoms with van der Waals surface area (Å²) in [6, 6.07) is 6.28. The van der Waals surface area contributed by atoms with Gasteiger partial charge in [0.2, 0.25) is 5.91 Å². The third-order valence-corrected chi connectivity index (χ3v) is 2.86. The lowest BCUT2D eigenvalue weighted by atomic mass is 10.1. The molecule has 3 nitrogen and oxygen atoms in total. The zero-order chi connectivity index (χ0) is 12.1. The summed E-state index contributed by atoms with van der Waals surface area (Å²) in [5.74, 6) is -0.140. The van der Waals surface area contributed by atoms with E-state index < -0.39 is 0 Å². The van der Waals surface area contributed by atoms with E-state index in [9.17, 15) is 9.18 Å². The molecule has 0 spiro atoms. The van der Waals surface area contributed by atoms with Gasteiger partial charge in [0.05, 0.1) is 6.61 Å². The molecule has 1 heterocycles. The minimum atomic E-state index is -0.246. The van der Waals surface area contributed by atoms with E-state index in [1.807, 2.05) is 0 Å². The van der Waals surface area contributed by atoms with Gasteiger partial charge < -0.3 is 9.64 Å². The summed E-state index contributed by atoms with van der Waals surface area (Å²) in [5, 5.41) is 0. The van der Waals surface area contributed by atoms with Crippen LogP contribution >= 0.6 is 0 Å². The largest absolute Gasteiger partial charge is 0.361 e. The monoisotopic (exact) mass is 237 g/mol. The molecule has 0 atom stereocenters. The van der Waals surface area contributed by atoms with Crippen LogP contribution in [0.25, 0.3) is 0 Å². The summed E-state index contributed by atoms with van der Waals surface area (Å²) in [7, 11) is 0. The molecule has 17 heavy (non-hydrogen) atoms. The zero-order valence-corrected chi connectivity index (χ0v) is 9.69. The second-order valence-electron chi connectivity index (χ2n) is 4.17. The quantitative estimate of drug-likeness (QED) is 0.804. The van der Waals surface area contributed by atoms with Crippen molar-refractivity contribution in [1.29, 1.82) is 0 Å². The van der Waals surface area contributed by atoms with Gasteiger partial charge in [-0.1, -0.05) is 12.1 Å². The summed E-state index contributed by atoms with van der Waals surface area (Å²) in [5.41, 5.74) is 0.984. The normalized spacial score (nSPS) is 15.9. The van der Waals surface area contributed by atoms with Crippen molar-refractivity contribution in [3.63, 3.8) is 0 Å². The molecule has 1 saturated heterocycles. The fourth-order valence-electron chi connectivity index (χ4n) is 1.85. The molecule has 0 aromatic heterocycles. The molecule has 0 saturated carbocycles. The Hall–Kier alpha value is -1.42. The number of ether oxygens (including phenoxy) is 1. The highest BCUT2D eigenvalue weighted by Gasteiger charge is 2.16. The van der Waals surface area contributed by atoms with Gasteiger partial charge in [0.25, 0.3) is 0 Å². The molecule has 1 amide bonds. The maximum atomic E-state index is 12.7. The minimum Gasteiger partial charge on any atom is -0.361 e. The van der Waals surface area contributed by atoms with Gasteiger partial charge in [-0.05, 0) is 30.5 Å². The number of carbonyl (C=O) groups is 1. The Morgan fingerprint density at radius 1 is 1.35 bits per heavy atom. The lowest BCUT2D eigenvalue weighted by Crippen LogP contribution is -2.38. The second-order valence-corrected chi connectivity index (χ2v) is 4.17. The van der Waals surface area contributed by atoms with Crippen LogP contribution in [-0.4, -0.2) is 30.7 Å². The molecular formula is C13H16FNO2. The molecule has 1 aliphatic rings. The highest BCUT2D eigenvalue weighted by molar-refractivity contribution is 5.76. The number of carbonyl (C=O) groups excluding carboxylic acids is 1. The maximum absolute atomic E-state index is 12.7. The predicted molar refractivity (Wildman–Crippen MR) is 61.9 cm³/mol. The van der Waals surface area contributed by atoms with Crippen LogP contribution < -0.4 is 0 Å². The molecule has 0 N–H and O–H groups in total. The summed E-state index contributed by atoms with van der Waals surface area (Å²) in [6.45, 7) is 1.92. The van der Waals surface area contributed by atoms with E-state index in [0.717, 1.165) is 25.1 Å². The number of rotatable bonds is 3. The van der Waals surface area contributed by atoms with Crippen molar-refractivity contribution in [2.45, 2.75) is 19.3 Å². The molecule has 4 heteroatoms. The molecule has 0 bridgehead atoms. The number of hydrogen-bond donors (Lipinski definition) is 0. The summed E-state index contributed by atoms with van der Waals surface area (Å²) in [4.78, 5) is 13.5. The Morgan fingerprint density at radius 2 is 2.12 bits per heavy atom. The van der Waals surface area contributed by atoms with Gasteiger partial charge >= 0.3 is 0 Å². The van der Waals surface area contributed by atoms with Gasteiger partial charge in [0, 0.05) is 13.0 Å². The van der Waals surface area contributed by atoms with E-state index in [1.165, 1.54) is 12.1 Å². The molecule has 0 unspecified atom stereocenters. The van der Waals surface area contributed by atoms with Gasteiger partial charge in [-0.15, -0.1) is 0 Å². The predicted octanol–water partition coefficient (Wildman–Crippen LogP) is 1.96. The summed E-state index contributed by atoms with van der Waals surface area (Å²) < 4.78 is 17.9. The van der Waals surface area contributed by atoms with Gasteiger partial charge in [0.15, 0.2) is 0 Å². The highest BCUT2D eigenvalue weighted by Crippen LogP contribution is 2.09. The first-order valence-electron chi connectivity index (χ1n) is 5.85. The first-order valence-corrected chi connectivity index (χ1v) is 5.85. The zero-order valence-electron chi connectivity index (χ0n) is 9.69. The Bertz CT molecular complexity index is 372. The molecule has 1 aromatic rings. The van der Waals surface area contributed by atoms with Crippen LogP contribution in [0.1, 0.15) is 18.4 Å². The van der Waals surface area contributed by atoms with Crippen molar-refractivity contribution in [2.24, 2.45) is 0 Å². The summed E-state index contributed by atoms with van der Waals surface area (Å²) in [6.07, 6.45) is 2.01. The fraction of sp³-hybridized carbons (Fsp3) is 0.462. The fourth-order valence-corrected chi connectivity index (χ4v) is 1.85. The smallest absolute Gasteiger partial charge is 0.224 e. The average Bonchev–Trinajstić information content (AvgIpc) is 2.39. The van der Waals surface area contributed by atoms with Gasteiger partial charge in [-0.2, -0.15) is 0 Å². The number of halogens is 1.